The molecular formula is C20H18N6OS. The zero-order chi connectivity index (χ0) is 19.1. The third-order valence-electron chi connectivity index (χ3n) is 4.66. The standard InChI is InChI=1S/C20H18N6OS/c1-12-7-15-19(22-9-12)26(5-6-27-2)20(25-15)16-10-21-18(24-16)13-3-4-17-14(8-13)23-11-28-17/h3-4,7-11H,5-6H2,1-2H3,(H,21,24). The Morgan fingerprint density at radius 1 is 1.11 bits per heavy atom. The molecule has 5 aromatic rings. The fourth-order valence-electron chi connectivity index (χ4n) is 3.30. The van der Waals surface area contributed by atoms with E-state index < -0.39 is 0 Å². The summed E-state index contributed by atoms with van der Waals surface area (Å²) in [6, 6.07) is 8.23. The molecule has 0 bridgehead atoms. The van der Waals surface area contributed by atoms with Crippen molar-refractivity contribution < 1.29 is 4.74 Å². The molecule has 0 saturated heterocycles. The van der Waals surface area contributed by atoms with Crippen LogP contribution in [0.5, 0.6) is 0 Å². The van der Waals surface area contributed by atoms with Crippen molar-refractivity contribution in [1.29, 1.82) is 0 Å². The van der Waals surface area contributed by atoms with Crippen LogP contribution in [0, 0.1) is 6.92 Å². The van der Waals surface area contributed by atoms with Gasteiger partial charge in [0.25, 0.3) is 0 Å². The van der Waals surface area contributed by atoms with Gasteiger partial charge in [0, 0.05) is 25.4 Å². The van der Waals surface area contributed by atoms with E-state index in [4.69, 9.17) is 9.72 Å². The van der Waals surface area contributed by atoms with Crippen molar-refractivity contribution in [2.75, 3.05) is 13.7 Å². The first-order chi connectivity index (χ1) is 13.7. The van der Waals surface area contributed by atoms with Gasteiger partial charge in [-0.1, -0.05) is 0 Å². The van der Waals surface area contributed by atoms with Crippen molar-refractivity contribution in [3.8, 4) is 22.9 Å². The van der Waals surface area contributed by atoms with E-state index in [1.165, 1.54) is 4.70 Å². The number of benzene rings is 1. The van der Waals surface area contributed by atoms with Crippen LogP contribution < -0.4 is 0 Å². The number of ether oxygens (including phenoxy) is 1. The molecule has 0 atom stereocenters. The molecule has 0 unspecified atom stereocenters. The third-order valence-corrected chi connectivity index (χ3v) is 5.47. The summed E-state index contributed by atoms with van der Waals surface area (Å²) in [6.07, 6.45) is 3.68. The lowest BCUT2D eigenvalue weighted by molar-refractivity contribution is 0.188. The molecule has 5 rings (SSSR count). The predicted molar refractivity (Wildman–Crippen MR) is 110 cm³/mol. The normalized spacial score (nSPS) is 11.6. The van der Waals surface area contributed by atoms with Gasteiger partial charge in [-0.2, -0.15) is 0 Å². The quantitative estimate of drug-likeness (QED) is 0.489. The lowest BCUT2D eigenvalue weighted by Gasteiger charge is -2.06. The Morgan fingerprint density at radius 2 is 2.04 bits per heavy atom. The second kappa shape index (κ2) is 6.81. The number of pyridine rings is 1. The highest BCUT2D eigenvalue weighted by Crippen LogP contribution is 2.27. The molecule has 0 amide bonds. The van der Waals surface area contributed by atoms with E-state index >= 15 is 0 Å². The summed E-state index contributed by atoms with van der Waals surface area (Å²) in [6.45, 7) is 3.26. The fourth-order valence-corrected chi connectivity index (χ4v) is 3.96. The van der Waals surface area contributed by atoms with Crippen LogP contribution >= 0.6 is 11.3 Å². The average Bonchev–Trinajstić information content (AvgIpc) is 3.43. The van der Waals surface area contributed by atoms with Gasteiger partial charge in [-0.3, -0.25) is 0 Å². The number of aromatic amines is 1. The summed E-state index contributed by atoms with van der Waals surface area (Å²) in [5, 5.41) is 0. The number of hydrogen-bond acceptors (Lipinski definition) is 6. The van der Waals surface area contributed by atoms with Crippen molar-refractivity contribution in [3.05, 3.63) is 47.7 Å². The van der Waals surface area contributed by atoms with E-state index in [0.717, 1.165) is 45.2 Å². The molecule has 1 N–H and O–H groups in total. The van der Waals surface area contributed by atoms with Crippen molar-refractivity contribution >= 4 is 32.7 Å². The monoisotopic (exact) mass is 390 g/mol. The van der Waals surface area contributed by atoms with E-state index in [1.807, 2.05) is 37.0 Å². The molecule has 28 heavy (non-hydrogen) atoms. The molecule has 0 radical (unpaired) electrons. The van der Waals surface area contributed by atoms with Crippen LogP contribution in [0.2, 0.25) is 0 Å². The lowest BCUT2D eigenvalue weighted by atomic mass is 10.2. The minimum atomic E-state index is 0.579. The van der Waals surface area contributed by atoms with Gasteiger partial charge in [-0.15, -0.1) is 11.3 Å². The zero-order valence-corrected chi connectivity index (χ0v) is 16.3. The van der Waals surface area contributed by atoms with Crippen LogP contribution in [-0.2, 0) is 11.3 Å². The number of fused-ring (bicyclic) bond motifs is 2. The maximum Gasteiger partial charge on any atom is 0.160 e. The number of hydrogen-bond donors (Lipinski definition) is 1. The minimum Gasteiger partial charge on any atom is -0.383 e. The van der Waals surface area contributed by atoms with E-state index in [0.29, 0.717) is 13.2 Å². The molecule has 0 fully saturated rings. The van der Waals surface area contributed by atoms with Gasteiger partial charge < -0.3 is 14.3 Å². The second-order valence-corrected chi connectivity index (χ2v) is 7.50. The van der Waals surface area contributed by atoms with E-state index in [-0.39, 0.29) is 0 Å². The van der Waals surface area contributed by atoms with Crippen LogP contribution in [0.1, 0.15) is 5.56 Å². The highest BCUT2D eigenvalue weighted by Gasteiger charge is 2.16. The minimum absolute atomic E-state index is 0.579. The Bertz CT molecular complexity index is 1280. The Labute approximate surface area is 165 Å². The number of rotatable bonds is 5. The Balaban J connectivity index is 1.60. The number of aryl methyl sites for hydroxylation is 1. The van der Waals surface area contributed by atoms with Crippen LogP contribution in [0.25, 0.3) is 44.3 Å². The van der Waals surface area contributed by atoms with Crippen LogP contribution in [0.4, 0.5) is 0 Å². The number of nitrogens with one attached hydrogen (secondary N) is 1. The molecule has 8 heteroatoms. The predicted octanol–water partition coefficient (Wildman–Crippen LogP) is 4.05. The van der Waals surface area contributed by atoms with Crippen molar-refractivity contribution in [3.63, 3.8) is 0 Å². The molecule has 0 aliphatic carbocycles. The Morgan fingerprint density at radius 3 is 2.93 bits per heavy atom. The first-order valence-electron chi connectivity index (χ1n) is 8.94. The summed E-state index contributed by atoms with van der Waals surface area (Å²) >= 11 is 1.63. The third kappa shape index (κ3) is 2.87. The molecule has 0 aliphatic heterocycles. The number of thiazole rings is 1. The zero-order valence-electron chi connectivity index (χ0n) is 15.5. The summed E-state index contributed by atoms with van der Waals surface area (Å²) < 4.78 is 8.51. The number of methoxy groups -OCH3 is 1. The fraction of sp³-hybridized carbons (Fsp3) is 0.200. The summed E-state index contributed by atoms with van der Waals surface area (Å²) in [5.74, 6) is 1.60. The van der Waals surface area contributed by atoms with Gasteiger partial charge in [0.2, 0.25) is 0 Å². The van der Waals surface area contributed by atoms with Gasteiger partial charge in [0.15, 0.2) is 11.5 Å². The maximum absolute atomic E-state index is 5.28. The second-order valence-electron chi connectivity index (χ2n) is 6.62. The molecule has 4 aromatic heterocycles. The average molecular weight is 390 g/mol. The molecular weight excluding hydrogens is 372 g/mol. The smallest absolute Gasteiger partial charge is 0.160 e. The summed E-state index contributed by atoms with van der Waals surface area (Å²) in [4.78, 5) is 21.8. The molecule has 7 nitrogen and oxygen atoms in total. The van der Waals surface area contributed by atoms with Crippen LogP contribution in [0.15, 0.2) is 42.2 Å². The molecule has 0 spiro atoms. The first kappa shape index (κ1) is 17.0. The van der Waals surface area contributed by atoms with Gasteiger partial charge in [0.1, 0.15) is 17.0 Å². The number of H-pyrrole nitrogens is 1. The summed E-state index contributed by atoms with van der Waals surface area (Å²) in [7, 11) is 1.69. The molecule has 0 aliphatic rings. The van der Waals surface area contributed by atoms with Crippen LogP contribution in [0.3, 0.4) is 0 Å². The topological polar surface area (TPSA) is 81.5 Å². The van der Waals surface area contributed by atoms with Crippen LogP contribution in [-0.4, -0.2) is 43.2 Å². The van der Waals surface area contributed by atoms with Crippen molar-refractivity contribution in [2.24, 2.45) is 0 Å². The molecule has 4 heterocycles. The molecule has 140 valence electrons. The highest BCUT2D eigenvalue weighted by molar-refractivity contribution is 7.16. The number of nitrogens with zero attached hydrogens (tertiary/aromatic N) is 5. The summed E-state index contributed by atoms with van der Waals surface area (Å²) in [5.41, 5.74) is 7.47. The Hall–Kier alpha value is -3.10. The largest absolute Gasteiger partial charge is 0.383 e. The van der Waals surface area contributed by atoms with Crippen molar-refractivity contribution in [1.82, 2.24) is 29.5 Å². The van der Waals surface area contributed by atoms with Gasteiger partial charge in [0.05, 0.1) is 28.5 Å². The SMILES string of the molecule is COCCn1c(-c2cnc(-c3ccc4scnc4c3)[nH]2)nc2cc(C)cnc21. The molecule has 0 saturated carbocycles. The molecule has 1 aromatic carbocycles. The number of aromatic nitrogens is 6. The van der Waals surface area contributed by atoms with E-state index in [9.17, 15) is 0 Å². The van der Waals surface area contributed by atoms with E-state index in [2.05, 4.69) is 36.6 Å². The van der Waals surface area contributed by atoms with Gasteiger partial charge in [-0.25, -0.2) is 19.9 Å². The Kier molecular flexibility index (Phi) is 4.14. The van der Waals surface area contributed by atoms with Gasteiger partial charge >= 0.3 is 0 Å². The van der Waals surface area contributed by atoms with Crippen molar-refractivity contribution in [2.45, 2.75) is 13.5 Å². The van der Waals surface area contributed by atoms with Gasteiger partial charge in [-0.05, 0) is 36.8 Å². The number of imidazole rings is 2. The lowest BCUT2D eigenvalue weighted by Crippen LogP contribution is -2.06. The first-order valence-corrected chi connectivity index (χ1v) is 9.82. The highest BCUT2D eigenvalue weighted by atomic mass is 32.1. The maximum atomic E-state index is 5.28. The van der Waals surface area contributed by atoms with E-state index in [1.54, 1.807) is 18.4 Å².